The lowest BCUT2D eigenvalue weighted by Crippen LogP contribution is -2.61. The van der Waals surface area contributed by atoms with Crippen LogP contribution in [-0.4, -0.2) is 45.1 Å². The number of halogens is 2. The van der Waals surface area contributed by atoms with Crippen molar-refractivity contribution in [2.45, 2.75) is 31.6 Å². The molecule has 1 fully saturated rings. The summed E-state index contributed by atoms with van der Waals surface area (Å²) in [6, 6.07) is 0.848. The number of nitrogens with one attached hydrogen (secondary N) is 2. The van der Waals surface area contributed by atoms with Gasteiger partial charge in [-0.15, -0.1) is 0 Å². The number of benzene rings is 1. The first-order valence-corrected chi connectivity index (χ1v) is 7.25. The van der Waals surface area contributed by atoms with E-state index in [0.717, 1.165) is 12.1 Å². The number of ether oxygens (including phenoxy) is 3. The molecule has 2 N–H and O–H groups in total. The Balaban J connectivity index is 1.94. The smallest absolute Gasteiger partial charge is 0.319 e. The summed E-state index contributed by atoms with van der Waals surface area (Å²) >= 11 is 0. The Bertz CT molecular complexity index is 571. The molecule has 0 radical (unpaired) electrons. The predicted octanol–water partition coefficient (Wildman–Crippen LogP) is 2.29. The van der Waals surface area contributed by atoms with Crippen LogP contribution in [0.15, 0.2) is 12.1 Å². The van der Waals surface area contributed by atoms with Gasteiger partial charge in [-0.25, -0.2) is 13.6 Å². The van der Waals surface area contributed by atoms with Gasteiger partial charge in [0, 0.05) is 25.8 Å². The molecule has 0 spiro atoms. The second kappa shape index (κ2) is 7.56. The summed E-state index contributed by atoms with van der Waals surface area (Å²) < 4.78 is 42.7. The van der Waals surface area contributed by atoms with Crippen molar-refractivity contribution in [2.24, 2.45) is 0 Å². The van der Waals surface area contributed by atoms with Gasteiger partial charge in [0.2, 0.25) is 0 Å². The minimum absolute atomic E-state index is 0.0783. The molecule has 0 aromatic heterocycles. The number of anilines is 1. The highest BCUT2D eigenvalue weighted by molar-refractivity contribution is 5.89. The zero-order chi connectivity index (χ0) is 17.0. The van der Waals surface area contributed by atoms with Crippen molar-refractivity contribution in [1.82, 2.24) is 5.32 Å². The fourth-order valence-corrected chi connectivity index (χ4v) is 2.52. The Kier molecular flexibility index (Phi) is 5.73. The molecule has 0 unspecified atom stereocenters. The number of carbonyl (C=O) groups is 1. The highest BCUT2D eigenvalue weighted by atomic mass is 19.1. The van der Waals surface area contributed by atoms with Crippen molar-refractivity contribution in [2.75, 3.05) is 26.1 Å². The molecule has 3 atom stereocenters. The molecule has 6 nitrogen and oxygen atoms in total. The molecule has 1 aromatic rings. The maximum atomic E-state index is 13.8. The van der Waals surface area contributed by atoms with Crippen LogP contribution in [0.4, 0.5) is 19.3 Å². The molecule has 2 amide bonds. The van der Waals surface area contributed by atoms with Crippen LogP contribution in [0.5, 0.6) is 5.75 Å². The van der Waals surface area contributed by atoms with Gasteiger partial charge in [0.25, 0.3) is 0 Å². The van der Waals surface area contributed by atoms with Gasteiger partial charge in [0.1, 0.15) is 6.10 Å². The topological polar surface area (TPSA) is 68.8 Å². The minimum atomic E-state index is -0.789. The van der Waals surface area contributed by atoms with Crippen LogP contribution in [0.1, 0.15) is 13.3 Å². The van der Waals surface area contributed by atoms with Crippen LogP contribution in [0.2, 0.25) is 0 Å². The van der Waals surface area contributed by atoms with E-state index in [2.05, 4.69) is 15.4 Å². The molecule has 128 valence electrons. The first-order valence-electron chi connectivity index (χ1n) is 7.25. The Labute approximate surface area is 133 Å². The third-order valence-electron chi connectivity index (χ3n) is 3.71. The van der Waals surface area contributed by atoms with Crippen LogP contribution in [-0.2, 0) is 9.47 Å². The van der Waals surface area contributed by atoms with E-state index >= 15 is 0 Å². The number of rotatable bonds is 6. The molecule has 23 heavy (non-hydrogen) atoms. The van der Waals surface area contributed by atoms with Crippen molar-refractivity contribution >= 4 is 11.7 Å². The molecule has 0 saturated heterocycles. The predicted molar refractivity (Wildman–Crippen MR) is 79.7 cm³/mol. The van der Waals surface area contributed by atoms with E-state index in [1.165, 1.54) is 14.2 Å². The number of carbonyl (C=O) groups excluding carboxylic acids is 1. The van der Waals surface area contributed by atoms with Gasteiger partial charge >= 0.3 is 6.03 Å². The highest BCUT2D eigenvalue weighted by Crippen LogP contribution is 2.28. The van der Waals surface area contributed by atoms with E-state index in [1.54, 1.807) is 0 Å². The number of methoxy groups -OCH3 is 2. The van der Waals surface area contributed by atoms with E-state index in [9.17, 15) is 13.6 Å². The average Bonchev–Trinajstić information content (AvgIpc) is 2.49. The number of hydrogen-bond donors (Lipinski definition) is 2. The lowest BCUT2D eigenvalue weighted by Gasteiger charge is -2.43. The summed E-state index contributed by atoms with van der Waals surface area (Å²) in [4.78, 5) is 11.9. The van der Waals surface area contributed by atoms with E-state index in [-0.39, 0.29) is 29.7 Å². The van der Waals surface area contributed by atoms with Crippen molar-refractivity contribution in [3.05, 3.63) is 23.8 Å². The highest BCUT2D eigenvalue weighted by Gasteiger charge is 2.43. The summed E-state index contributed by atoms with van der Waals surface area (Å²) in [6.45, 7) is 2.43. The van der Waals surface area contributed by atoms with Gasteiger partial charge in [0.15, 0.2) is 17.4 Å². The van der Waals surface area contributed by atoms with Crippen LogP contribution >= 0.6 is 0 Å². The van der Waals surface area contributed by atoms with E-state index in [1.807, 2.05) is 6.92 Å². The maximum Gasteiger partial charge on any atom is 0.319 e. The summed E-state index contributed by atoms with van der Waals surface area (Å²) in [5.74, 6) is -1.78. The SMILES string of the molecule is CCO[C@@H]1C[C@H](NC(=O)Nc2cc(F)c(OC)cc2F)[C@H]1OC. The molecule has 2 rings (SSSR count). The summed E-state index contributed by atoms with van der Waals surface area (Å²) in [5.41, 5.74) is -0.268. The molecular formula is C15H20F2N2O4. The fraction of sp³-hybridized carbons (Fsp3) is 0.533. The van der Waals surface area contributed by atoms with Gasteiger partial charge in [0.05, 0.1) is 24.9 Å². The minimum Gasteiger partial charge on any atom is -0.494 e. The third-order valence-corrected chi connectivity index (χ3v) is 3.71. The Hall–Kier alpha value is -1.93. The fourth-order valence-electron chi connectivity index (χ4n) is 2.52. The van der Waals surface area contributed by atoms with E-state index < -0.39 is 17.7 Å². The largest absolute Gasteiger partial charge is 0.494 e. The molecule has 1 saturated carbocycles. The molecule has 1 aliphatic carbocycles. The molecular weight excluding hydrogens is 310 g/mol. The number of amides is 2. The molecule has 1 aliphatic rings. The number of urea groups is 1. The number of hydrogen-bond acceptors (Lipinski definition) is 4. The second-order valence-electron chi connectivity index (χ2n) is 5.10. The van der Waals surface area contributed by atoms with Gasteiger partial charge < -0.3 is 24.8 Å². The maximum absolute atomic E-state index is 13.8. The zero-order valence-corrected chi connectivity index (χ0v) is 13.2. The van der Waals surface area contributed by atoms with Crippen molar-refractivity contribution in [3.8, 4) is 5.75 Å². The van der Waals surface area contributed by atoms with Crippen LogP contribution in [0.3, 0.4) is 0 Å². The van der Waals surface area contributed by atoms with E-state index in [0.29, 0.717) is 13.0 Å². The lowest BCUT2D eigenvalue weighted by molar-refractivity contribution is -0.128. The van der Waals surface area contributed by atoms with Crippen LogP contribution in [0.25, 0.3) is 0 Å². The molecule has 8 heteroatoms. The van der Waals surface area contributed by atoms with Crippen molar-refractivity contribution in [1.29, 1.82) is 0 Å². The summed E-state index contributed by atoms with van der Waals surface area (Å²) in [6.07, 6.45) is 0.253. The monoisotopic (exact) mass is 330 g/mol. The summed E-state index contributed by atoms with van der Waals surface area (Å²) in [5, 5.41) is 4.93. The molecule has 0 aliphatic heterocycles. The van der Waals surface area contributed by atoms with Gasteiger partial charge in [-0.05, 0) is 13.3 Å². The first kappa shape index (κ1) is 17.4. The van der Waals surface area contributed by atoms with E-state index in [4.69, 9.17) is 9.47 Å². The third kappa shape index (κ3) is 3.89. The van der Waals surface area contributed by atoms with Gasteiger partial charge in [-0.3, -0.25) is 0 Å². The molecule has 1 aromatic carbocycles. The Morgan fingerprint density at radius 1 is 1.30 bits per heavy atom. The Morgan fingerprint density at radius 2 is 2.04 bits per heavy atom. The van der Waals surface area contributed by atoms with Gasteiger partial charge in [-0.2, -0.15) is 0 Å². The van der Waals surface area contributed by atoms with Crippen molar-refractivity contribution < 1.29 is 27.8 Å². The zero-order valence-electron chi connectivity index (χ0n) is 13.2. The van der Waals surface area contributed by atoms with Crippen LogP contribution < -0.4 is 15.4 Å². The van der Waals surface area contributed by atoms with Gasteiger partial charge in [-0.1, -0.05) is 0 Å². The second-order valence-corrected chi connectivity index (χ2v) is 5.10. The summed E-state index contributed by atoms with van der Waals surface area (Å²) in [7, 11) is 2.76. The lowest BCUT2D eigenvalue weighted by atomic mass is 9.85. The normalized spacial score (nSPS) is 23.1. The molecule has 0 bridgehead atoms. The standard InChI is InChI=1S/C15H20F2N2O4/c1-4-23-13-7-11(14(13)22-3)19-15(20)18-10-5-9(17)12(21-2)6-8(10)16/h5-6,11,13-14H,4,7H2,1-3H3,(H2,18,19,20)/t11-,13+,14+/m0/s1. The van der Waals surface area contributed by atoms with Crippen LogP contribution in [0, 0.1) is 11.6 Å². The van der Waals surface area contributed by atoms with Crippen molar-refractivity contribution in [3.63, 3.8) is 0 Å². The molecule has 0 heterocycles. The Morgan fingerprint density at radius 3 is 2.65 bits per heavy atom. The quantitative estimate of drug-likeness (QED) is 0.840. The first-order chi connectivity index (χ1) is 11.0. The average molecular weight is 330 g/mol.